The molecule has 37 heavy (non-hydrogen) atoms. The molecule has 10 N–H and O–H groups in total. The van der Waals surface area contributed by atoms with E-state index in [0.29, 0.717) is 31.5 Å². The first-order chi connectivity index (χ1) is 17.5. The average molecular weight is 526 g/mol. The number of aliphatic carboxylic acids is 2. The fourth-order valence-electron chi connectivity index (χ4n) is 3.51. The van der Waals surface area contributed by atoms with Crippen molar-refractivity contribution in [1.82, 2.24) is 25.9 Å². The zero-order chi connectivity index (χ0) is 28.0. The Morgan fingerprint density at radius 2 is 1.68 bits per heavy atom. The standard InChI is InChI=1S/C23H39N7O7/c1-3-13(2)19(22(35)29-17(23(36)37)7-8-18(31)32)30-21(34)16(6-4-5-9-24)28-20(33)15(25)10-14-11-26-12-27-14/h11-13,15-17,19H,3-10,24-25H2,1-2H3,(H,26,27)(H,28,33)(H,29,35)(H,30,34)(H,31,32)(H,36,37). The van der Waals surface area contributed by atoms with Crippen molar-refractivity contribution >= 4 is 29.7 Å². The Balaban J connectivity index is 2.97. The summed E-state index contributed by atoms with van der Waals surface area (Å²) in [7, 11) is 0. The molecule has 0 fully saturated rings. The molecule has 1 rings (SSSR count). The maximum Gasteiger partial charge on any atom is 0.326 e. The smallest absolute Gasteiger partial charge is 0.326 e. The minimum Gasteiger partial charge on any atom is -0.481 e. The van der Waals surface area contributed by atoms with Crippen LogP contribution >= 0.6 is 0 Å². The van der Waals surface area contributed by atoms with E-state index in [1.54, 1.807) is 13.8 Å². The summed E-state index contributed by atoms with van der Waals surface area (Å²) < 4.78 is 0. The fourth-order valence-corrected chi connectivity index (χ4v) is 3.51. The molecule has 5 atom stereocenters. The Morgan fingerprint density at radius 3 is 2.22 bits per heavy atom. The molecule has 14 nitrogen and oxygen atoms in total. The number of nitrogens with two attached hydrogens (primary N) is 2. The molecule has 0 spiro atoms. The number of carboxylic acids is 2. The minimum atomic E-state index is -1.44. The van der Waals surface area contributed by atoms with Gasteiger partial charge in [-0.2, -0.15) is 0 Å². The Kier molecular flexibility index (Phi) is 13.9. The summed E-state index contributed by atoms with van der Waals surface area (Å²) in [6.07, 6.45) is 4.26. The second-order valence-electron chi connectivity index (χ2n) is 8.94. The van der Waals surface area contributed by atoms with E-state index in [1.165, 1.54) is 12.5 Å². The van der Waals surface area contributed by atoms with Gasteiger partial charge in [0.15, 0.2) is 0 Å². The first kappa shape index (κ1) is 31.5. The van der Waals surface area contributed by atoms with Gasteiger partial charge in [0, 0.05) is 24.7 Å². The first-order valence-electron chi connectivity index (χ1n) is 12.3. The molecule has 0 bridgehead atoms. The van der Waals surface area contributed by atoms with E-state index >= 15 is 0 Å². The molecule has 208 valence electrons. The van der Waals surface area contributed by atoms with E-state index in [9.17, 15) is 29.1 Å². The highest BCUT2D eigenvalue weighted by Gasteiger charge is 2.32. The highest BCUT2D eigenvalue weighted by molar-refractivity contribution is 5.94. The van der Waals surface area contributed by atoms with E-state index in [-0.39, 0.29) is 25.2 Å². The van der Waals surface area contributed by atoms with Gasteiger partial charge < -0.3 is 42.6 Å². The number of hydrogen-bond acceptors (Lipinski definition) is 8. The minimum absolute atomic E-state index is 0.174. The first-order valence-corrected chi connectivity index (χ1v) is 12.3. The average Bonchev–Trinajstić information content (AvgIpc) is 3.36. The number of nitrogens with one attached hydrogen (secondary N) is 4. The Hall–Kier alpha value is -3.52. The third-order valence-corrected chi connectivity index (χ3v) is 5.97. The number of carboxylic acid groups (broad SMARTS) is 2. The molecule has 0 aromatic carbocycles. The van der Waals surface area contributed by atoms with Crippen LogP contribution in [0.5, 0.6) is 0 Å². The zero-order valence-corrected chi connectivity index (χ0v) is 21.2. The monoisotopic (exact) mass is 525 g/mol. The third-order valence-electron chi connectivity index (χ3n) is 5.97. The van der Waals surface area contributed by atoms with Crippen LogP contribution < -0.4 is 27.4 Å². The second kappa shape index (κ2) is 16.3. The van der Waals surface area contributed by atoms with Gasteiger partial charge >= 0.3 is 11.9 Å². The largest absolute Gasteiger partial charge is 0.481 e. The molecule has 3 amide bonds. The van der Waals surface area contributed by atoms with Crippen molar-refractivity contribution in [3.63, 3.8) is 0 Å². The quantitative estimate of drug-likeness (QED) is 0.107. The number of amides is 3. The van der Waals surface area contributed by atoms with Gasteiger partial charge in [0.05, 0.1) is 12.4 Å². The normalized spacial score (nSPS) is 15.0. The van der Waals surface area contributed by atoms with Crippen molar-refractivity contribution in [2.75, 3.05) is 6.54 Å². The molecule has 0 saturated carbocycles. The van der Waals surface area contributed by atoms with E-state index in [0.717, 1.165) is 0 Å². The van der Waals surface area contributed by atoms with Crippen LogP contribution in [0.3, 0.4) is 0 Å². The van der Waals surface area contributed by atoms with E-state index in [2.05, 4.69) is 25.9 Å². The zero-order valence-electron chi connectivity index (χ0n) is 21.2. The van der Waals surface area contributed by atoms with Gasteiger partial charge in [-0.25, -0.2) is 9.78 Å². The molecule has 5 unspecified atom stereocenters. The summed E-state index contributed by atoms with van der Waals surface area (Å²) >= 11 is 0. The van der Waals surface area contributed by atoms with Gasteiger partial charge in [-0.1, -0.05) is 20.3 Å². The number of carbonyl (C=O) groups is 5. The number of aromatic amines is 1. The van der Waals surface area contributed by atoms with Crippen LogP contribution in [0.2, 0.25) is 0 Å². The summed E-state index contributed by atoms with van der Waals surface area (Å²) in [5.74, 6) is -4.93. The molecule has 0 aliphatic rings. The van der Waals surface area contributed by atoms with Crippen LogP contribution in [0.15, 0.2) is 12.5 Å². The summed E-state index contributed by atoms with van der Waals surface area (Å²) in [6, 6.07) is -4.51. The lowest BCUT2D eigenvalue weighted by Crippen LogP contribution is -2.58. The Bertz CT molecular complexity index is 894. The molecule has 0 aliphatic heterocycles. The SMILES string of the molecule is CCC(C)C(NC(=O)C(CCCCN)NC(=O)C(N)Cc1cnc[nH]1)C(=O)NC(CCC(=O)O)C(=O)O. The van der Waals surface area contributed by atoms with Crippen molar-refractivity contribution < 1.29 is 34.2 Å². The fraction of sp³-hybridized carbons (Fsp3) is 0.652. The molecular weight excluding hydrogens is 486 g/mol. The molecule has 0 radical (unpaired) electrons. The van der Waals surface area contributed by atoms with Crippen molar-refractivity contribution in [2.45, 2.75) is 83.0 Å². The van der Waals surface area contributed by atoms with Crippen molar-refractivity contribution in [3.05, 3.63) is 18.2 Å². The van der Waals surface area contributed by atoms with Crippen LogP contribution in [0.4, 0.5) is 0 Å². The van der Waals surface area contributed by atoms with Crippen LogP contribution in [-0.2, 0) is 30.4 Å². The van der Waals surface area contributed by atoms with Gasteiger partial charge in [-0.3, -0.25) is 19.2 Å². The highest BCUT2D eigenvalue weighted by atomic mass is 16.4. The number of rotatable bonds is 18. The van der Waals surface area contributed by atoms with Gasteiger partial charge in [0.25, 0.3) is 0 Å². The lowest BCUT2D eigenvalue weighted by molar-refractivity contribution is -0.143. The number of H-pyrrole nitrogens is 1. The number of carbonyl (C=O) groups excluding carboxylic acids is 3. The number of aromatic nitrogens is 2. The van der Waals surface area contributed by atoms with Gasteiger partial charge in [-0.15, -0.1) is 0 Å². The summed E-state index contributed by atoms with van der Waals surface area (Å²) in [5.41, 5.74) is 12.2. The lowest BCUT2D eigenvalue weighted by atomic mass is 9.96. The number of unbranched alkanes of at least 4 members (excludes halogenated alkanes) is 1. The number of nitrogens with zero attached hydrogens (tertiary/aromatic N) is 1. The molecular formula is C23H39N7O7. The second-order valence-corrected chi connectivity index (χ2v) is 8.94. The molecule has 1 heterocycles. The lowest BCUT2D eigenvalue weighted by Gasteiger charge is -2.28. The summed E-state index contributed by atoms with van der Waals surface area (Å²) in [6.45, 7) is 3.90. The third kappa shape index (κ3) is 11.4. The summed E-state index contributed by atoms with van der Waals surface area (Å²) in [4.78, 5) is 67.9. The predicted molar refractivity (Wildman–Crippen MR) is 133 cm³/mol. The van der Waals surface area contributed by atoms with Crippen LogP contribution in [0.1, 0.15) is 58.1 Å². The molecule has 0 aliphatic carbocycles. The van der Waals surface area contributed by atoms with E-state index < -0.39 is 60.2 Å². The van der Waals surface area contributed by atoms with E-state index in [4.69, 9.17) is 16.6 Å². The Labute approximate surface area is 215 Å². The summed E-state index contributed by atoms with van der Waals surface area (Å²) in [5, 5.41) is 25.8. The maximum absolute atomic E-state index is 13.2. The number of hydrogen-bond donors (Lipinski definition) is 8. The maximum atomic E-state index is 13.2. The van der Waals surface area contributed by atoms with Gasteiger partial charge in [-0.05, 0) is 38.1 Å². The van der Waals surface area contributed by atoms with Crippen LogP contribution in [0, 0.1) is 5.92 Å². The predicted octanol–water partition coefficient (Wildman–Crippen LogP) is -1.14. The topological polar surface area (TPSA) is 243 Å². The van der Waals surface area contributed by atoms with Crippen molar-refractivity contribution in [2.24, 2.45) is 17.4 Å². The van der Waals surface area contributed by atoms with Crippen molar-refractivity contribution in [1.29, 1.82) is 0 Å². The Morgan fingerprint density at radius 1 is 1.00 bits per heavy atom. The number of imidazole rings is 1. The highest BCUT2D eigenvalue weighted by Crippen LogP contribution is 2.11. The molecule has 1 aromatic heterocycles. The van der Waals surface area contributed by atoms with Gasteiger partial charge in [0.2, 0.25) is 17.7 Å². The molecule has 0 saturated heterocycles. The van der Waals surface area contributed by atoms with Crippen molar-refractivity contribution in [3.8, 4) is 0 Å². The van der Waals surface area contributed by atoms with Crippen LogP contribution in [-0.4, -0.2) is 80.6 Å². The van der Waals surface area contributed by atoms with Crippen LogP contribution in [0.25, 0.3) is 0 Å². The molecule has 14 heteroatoms. The molecule has 1 aromatic rings. The van der Waals surface area contributed by atoms with E-state index in [1.807, 2.05) is 0 Å². The van der Waals surface area contributed by atoms with Gasteiger partial charge in [0.1, 0.15) is 18.1 Å².